The number of amides is 3. The summed E-state index contributed by atoms with van der Waals surface area (Å²) in [4.78, 5) is 53.0. The molecule has 38 heavy (non-hydrogen) atoms. The van der Waals surface area contributed by atoms with E-state index in [9.17, 15) is 19.2 Å². The number of carbonyl (C=O) groups is 4. The van der Waals surface area contributed by atoms with Crippen LogP contribution in [0.5, 0.6) is 0 Å². The first kappa shape index (κ1) is 25.4. The predicted molar refractivity (Wildman–Crippen MR) is 144 cm³/mol. The van der Waals surface area contributed by atoms with Gasteiger partial charge in [-0.2, -0.15) is 0 Å². The van der Waals surface area contributed by atoms with Crippen molar-refractivity contribution in [1.29, 1.82) is 0 Å². The van der Waals surface area contributed by atoms with E-state index in [1.54, 1.807) is 18.2 Å². The van der Waals surface area contributed by atoms with Gasteiger partial charge in [-0.05, 0) is 73.9 Å². The van der Waals surface area contributed by atoms with E-state index >= 15 is 0 Å². The monoisotopic (exact) mass is 510 g/mol. The molecule has 0 unspecified atom stereocenters. The molecule has 3 amide bonds. The summed E-state index contributed by atoms with van der Waals surface area (Å²) >= 11 is 0. The average molecular weight is 511 g/mol. The van der Waals surface area contributed by atoms with Gasteiger partial charge in [0.05, 0.1) is 23.1 Å². The Bertz CT molecular complexity index is 1380. The fourth-order valence-electron chi connectivity index (χ4n) is 5.64. The minimum absolute atomic E-state index is 0.167. The van der Waals surface area contributed by atoms with Crippen LogP contribution >= 0.6 is 0 Å². The Hall–Kier alpha value is -4.26. The highest BCUT2D eigenvalue weighted by molar-refractivity contribution is 6.22. The van der Waals surface area contributed by atoms with Crippen LogP contribution in [0, 0.1) is 25.7 Å². The number of anilines is 2. The minimum atomic E-state index is -0.704. The fourth-order valence-corrected chi connectivity index (χ4v) is 5.64. The Labute approximate surface area is 221 Å². The smallest absolute Gasteiger partial charge is 0.338 e. The van der Waals surface area contributed by atoms with Gasteiger partial charge in [0, 0.05) is 5.69 Å². The first-order chi connectivity index (χ1) is 18.3. The Kier molecular flexibility index (Phi) is 7.09. The Morgan fingerprint density at radius 3 is 2.29 bits per heavy atom. The molecular formula is C31H30N2O5. The Morgan fingerprint density at radius 2 is 1.55 bits per heavy atom. The highest BCUT2D eigenvalue weighted by Gasteiger charge is 2.50. The summed E-state index contributed by atoms with van der Waals surface area (Å²) in [5, 5.41) is 2.78. The Balaban J connectivity index is 1.25. The second-order valence-corrected chi connectivity index (χ2v) is 10.1. The van der Waals surface area contributed by atoms with Crippen molar-refractivity contribution in [3.05, 3.63) is 95.1 Å². The maximum absolute atomic E-state index is 13.4. The zero-order valence-corrected chi connectivity index (χ0v) is 21.5. The molecule has 1 saturated carbocycles. The molecule has 3 aromatic rings. The van der Waals surface area contributed by atoms with Crippen LogP contribution in [0.1, 0.15) is 52.2 Å². The summed E-state index contributed by atoms with van der Waals surface area (Å²) in [6.07, 6.45) is 2.14. The molecular weight excluding hydrogens is 480 g/mol. The number of ether oxygens (including phenoxy) is 1. The van der Waals surface area contributed by atoms with Crippen LogP contribution in [0.25, 0.3) is 0 Å². The summed E-state index contributed by atoms with van der Waals surface area (Å²) in [6.45, 7) is 3.32. The molecule has 0 radical (unpaired) electrons. The molecule has 5 rings (SSSR count). The highest BCUT2D eigenvalue weighted by Crippen LogP contribution is 2.45. The largest absolute Gasteiger partial charge is 0.452 e. The van der Waals surface area contributed by atoms with Gasteiger partial charge in [0.25, 0.3) is 5.91 Å². The number of benzene rings is 3. The molecule has 3 aromatic carbocycles. The van der Waals surface area contributed by atoms with E-state index in [2.05, 4.69) is 17.4 Å². The van der Waals surface area contributed by atoms with Crippen molar-refractivity contribution in [3.63, 3.8) is 0 Å². The van der Waals surface area contributed by atoms with E-state index in [4.69, 9.17) is 4.74 Å². The van der Waals surface area contributed by atoms with E-state index in [1.807, 2.05) is 50.2 Å². The van der Waals surface area contributed by atoms with Gasteiger partial charge in [0.15, 0.2) is 6.61 Å². The van der Waals surface area contributed by atoms with Crippen molar-refractivity contribution in [2.75, 3.05) is 16.8 Å². The first-order valence-electron chi connectivity index (χ1n) is 12.9. The van der Waals surface area contributed by atoms with Crippen molar-refractivity contribution < 1.29 is 23.9 Å². The second-order valence-electron chi connectivity index (χ2n) is 10.1. The Morgan fingerprint density at radius 1 is 0.868 bits per heavy atom. The summed E-state index contributed by atoms with van der Waals surface area (Å²) in [5.74, 6) is -2.07. The zero-order chi connectivity index (χ0) is 26.8. The number of para-hydroxylation sites is 1. The number of imide groups is 1. The highest BCUT2D eigenvalue weighted by atomic mass is 16.5. The number of fused-ring (bicyclic) bond motifs is 1. The fraction of sp³-hybridized carbons (Fsp3) is 0.290. The third-order valence-electron chi connectivity index (χ3n) is 7.62. The number of aryl methyl sites for hydroxylation is 2. The van der Waals surface area contributed by atoms with Crippen LogP contribution in [0.4, 0.5) is 11.4 Å². The van der Waals surface area contributed by atoms with Crippen molar-refractivity contribution in [2.24, 2.45) is 11.8 Å². The molecule has 1 N–H and O–H groups in total. The molecule has 7 heteroatoms. The van der Waals surface area contributed by atoms with Gasteiger partial charge in [-0.1, -0.05) is 54.6 Å². The van der Waals surface area contributed by atoms with Crippen LogP contribution in [0.15, 0.2) is 72.8 Å². The topological polar surface area (TPSA) is 92.8 Å². The van der Waals surface area contributed by atoms with Crippen LogP contribution in [0.2, 0.25) is 0 Å². The van der Waals surface area contributed by atoms with Gasteiger partial charge in [0.1, 0.15) is 0 Å². The number of nitrogens with zero attached hydrogens (tertiary/aromatic N) is 1. The molecule has 1 saturated heterocycles. The quantitative estimate of drug-likeness (QED) is 0.365. The molecule has 7 nitrogen and oxygen atoms in total. The second kappa shape index (κ2) is 10.6. The number of nitrogens with one attached hydrogen (secondary N) is 1. The van der Waals surface area contributed by atoms with E-state index in [0.717, 1.165) is 17.5 Å². The first-order valence-corrected chi connectivity index (χ1v) is 12.9. The summed E-state index contributed by atoms with van der Waals surface area (Å²) < 4.78 is 5.23. The van der Waals surface area contributed by atoms with Gasteiger partial charge in [-0.25, -0.2) is 4.79 Å². The van der Waals surface area contributed by atoms with Gasteiger partial charge >= 0.3 is 5.97 Å². The molecule has 194 valence electrons. The summed E-state index contributed by atoms with van der Waals surface area (Å²) in [7, 11) is 0. The molecule has 0 aromatic heterocycles. The van der Waals surface area contributed by atoms with Crippen LogP contribution in [-0.4, -0.2) is 30.3 Å². The number of esters is 1. The molecule has 3 atom stereocenters. The molecule has 2 aliphatic rings. The van der Waals surface area contributed by atoms with Crippen molar-refractivity contribution >= 4 is 35.1 Å². The van der Waals surface area contributed by atoms with E-state index in [-0.39, 0.29) is 35.1 Å². The molecule has 0 spiro atoms. The lowest BCUT2D eigenvalue weighted by Gasteiger charge is -2.28. The van der Waals surface area contributed by atoms with Gasteiger partial charge in [0.2, 0.25) is 11.8 Å². The van der Waals surface area contributed by atoms with Gasteiger partial charge in [-0.15, -0.1) is 0 Å². The average Bonchev–Trinajstić information content (AvgIpc) is 3.19. The van der Waals surface area contributed by atoms with Crippen molar-refractivity contribution in [3.8, 4) is 0 Å². The molecule has 2 fully saturated rings. The lowest BCUT2D eigenvalue weighted by molar-refractivity contribution is -0.122. The molecule has 1 aliphatic heterocycles. The van der Waals surface area contributed by atoms with Gasteiger partial charge < -0.3 is 10.1 Å². The van der Waals surface area contributed by atoms with Crippen LogP contribution < -0.4 is 10.2 Å². The minimum Gasteiger partial charge on any atom is -0.452 e. The third-order valence-corrected chi connectivity index (χ3v) is 7.62. The molecule has 1 aliphatic carbocycles. The zero-order valence-electron chi connectivity index (χ0n) is 21.5. The van der Waals surface area contributed by atoms with Crippen LogP contribution in [-0.2, 0) is 19.1 Å². The summed E-state index contributed by atoms with van der Waals surface area (Å²) in [6, 6.07) is 22.1. The third kappa shape index (κ3) is 4.96. The summed E-state index contributed by atoms with van der Waals surface area (Å²) in [5.41, 5.74) is 4.22. The standard InChI is InChI=1S/C31H30N2O5/c1-19-8-6-9-20(2)28(19)32-27(34)18-38-31(37)23-12-7-13-24(16-23)33-29(35)25-15-14-22(17-26(25)30(33)36)21-10-4-3-5-11-21/h3-13,16,22,25-26H,14-15,17-18H2,1-2H3,(H,32,34)/t22-,25-,26+/m1/s1. The molecule has 1 heterocycles. The maximum Gasteiger partial charge on any atom is 0.338 e. The predicted octanol–water partition coefficient (Wildman–Crippen LogP) is 5.17. The lowest BCUT2D eigenvalue weighted by atomic mass is 9.73. The number of carbonyl (C=O) groups excluding carboxylic acids is 4. The lowest BCUT2D eigenvalue weighted by Crippen LogP contribution is -2.31. The van der Waals surface area contributed by atoms with E-state index in [0.29, 0.717) is 24.2 Å². The SMILES string of the molecule is Cc1cccc(C)c1NC(=O)COC(=O)c1cccc(N2C(=O)[C@H]3C[C@H](c4ccccc4)CC[C@H]3C2=O)c1. The number of hydrogen-bond acceptors (Lipinski definition) is 5. The van der Waals surface area contributed by atoms with Crippen molar-refractivity contribution in [1.82, 2.24) is 0 Å². The number of rotatable bonds is 6. The van der Waals surface area contributed by atoms with Crippen LogP contribution in [0.3, 0.4) is 0 Å². The maximum atomic E-state index is 13.4. The molecule has 0 bridgehead atoms. The number of hydrogen-bond donors (Lipinski definition) is 1. The normalized spacial score (nSPS) is 20.7. The van der Waals surface area contributed by atoms with E-state index < -0.39 is 18.5 Å². The van der Waals surface area contributed by atoms with Crippen molar-refractivity contribution in [2.45, 2.75) is 39.0 Å². The van der Waals surface area contributed by atoms with E-state index in [1.165, 1.54) is 16.5 Å². The van der Waals surface area contributed by atoms with Gasteiger partial charge in [-0.3, -0.25) is 19.3 Å².